The van der Waals surface area contributed by atoms with Gasteiger partial charge in [0.15, 0.2) is 0 Å². The number of nitrogens with zero attached hydrogens (tertiary/aromatic N) is 2. The second-order valence-corrected chi connectivity index (χ2v) is 8.91. The second kappa shape index (κ2) is 7.57. The number of nitrogens with one attached hydrogen (secondary N) is 1. The summed E-state index contributed by atoms with van der Waals surface area (Å²) < 4.78 is 34.7. The first-order valence-electron chi connectivity index (χ1n) is 8.34. The van der Waals surface area contributed by atoms with E-state index in [2.05, 4.69) is 23.5 Å². The zero-order chi connectivity index (χ0) is 16.2. The minimum absolute atomic E-state index is 0.134. The van der Waals surface area contributed by atoms with Gasteiger partial charge in [-0.1, -0.05) is 0 Å². The normalized spacial score (nSPS) is 25.7. The summed E-state index contributed by atoms with van der Waals surface area (Å²) in [6.45, 7) is 8.62. The highest BCUT2D eigenvalue weighted by Gasteiger charge is 2.33. The van der Waals surface area contributed by atoms with Crippen molar-refractivity contribution < 1.29 is 13.2 Å². The molecule has 0 amide bonds. The molecule has 2 rings (SSSR count). The van der Waals surface area contributed by atoms with Gasteiger partial charge in [0, 0.05) is 32.3 Å². The Labute approximate surface area is 135 Å². The minimum Gasteiger partial charge on any atom is -0.384 e. The molecule has 0 radical (unpaired) electrons. The average molecular weight is 333 g/mol. The minimum atomic E-state index is -3.40. The monoisotopic (exact) mass is 333 g/mol. The number of methoxy groups -OCH3 is 1. The van der Waals surface area contributed by atoms with E-state index in [9.17, 15) is 8.42 Å². The zero-order valence-corrected chi connectivity index (χ0v) is 15.0. The van der Waals surface area contributed by atoms with Crippen molar-refractivity contribution in [2.45, 2.75) is 45.1 Å². The van der Waals surface area contributed by atoms with Crippen LogP contribution in [-0.4, -0.2) is 69.6 Å². The molecule has 2 aliphatic rings. The maximum absolute atomic E-state index is 12.6. The molecule has 1 atom stereocenters. The molecule has 0 aliphatic carbocycles. The fourth-order valence-electron chi connectivity index (χ4n) is 3.41. The van der Waals surface area contributed by atoms with E-state index in [1.807, 2.05) is 0 Å². The molecule has 0 saturated carbocycles. The molecule has 130 valence electrons. The summed E-state index contributed by atoms with van der Waals surface area (Å²) in [5.74, 6) is 0.307. The maximum atomic E-state index is 12.6. The van der Waals surface area contributed by atoms with Gasteiger partial charge >= 0.3 is 0 Å². The van der Waals surface area contributed by atoms with Crippen molar-refractivity contribution >= 4 is 10.2 Å². The van der Waals surface area contributed by atoms with Crippen LogP contribution in [0.15, 0.2) is 0 Å². The lowest BCUT2D eigenvalue weighted by molar-refractivity contribution is 0.117. The predicted molar refractivity (Wildman–Crippen MR) is 88.0 cm³/mol. The van der Waals surface area contributed by atoms with E-state index in [0.29, 0.717) is 32.2 Å². The van der Waals surface area contributed by atoms with Crippen LogP contribution in [-0.2, 0) is 14.9 Å². The predicted octanol–water partition coefficient (Wildman–Crippen LogP) is 1.05. The molecule has 6 nitrogen and oxygen atoms in total. The quantitative estimate of drug-likeness (QED) is 0.757. The van der Waals surface area contributed by atoms with Gasteiger partial charge in [-0.05, 0) is 58.5 Å². The maximum Gasteiger partial charge on any atom is 0.279 e. The number of ether oxygens (including phenoxy) is 1. The fraction of sp³-hybridized carbons (Fsp3) is 1.00. The molecular formula is C15H31N3O3S. The summed E-state index contributed by atoms with van der Waals surface area (Å²) in [7, 11) is -1.73. The van der Waals surface area contributed by atoms with Gasteiger partial charge in [-0.2, -0.15) is 12.7 Å². The Hall–Kier alpha value is -0.210. The topological polar surface area (TPSA) is 61.9 Å². The molecule has 2 saturated heterocycles. The van der Waals surface area contributed by atoms with E-state index in [0.717, 1.165) is 25.9 Å². The lowest BCUT2D eigenvalue weighted by Gasteiger charge is -2.37. The fourth-order valence-corrected chi connectivity index (χ4v) is 4.91. The van der Waals surface area contributed by atoms with E-state index in [1.165, 1.54) is 12.8 Å². The Bertz CT molecular complexity index is 445. The average Bonchev–Trinajstić information content (AvgIpc) is 3.01. The van der Waals surface area contributed by atoms with E-state index in [4.69, 9.17) is 4.74 Å². The van der Waals surface area contributed by atoms with Crippen LogP contribution in [0.5, 0.6) is 0 Å². The Balaban J connectivity index is 1.89. The van der Waals surface area contributed by atoms with Crippen LogP contribution in [0, 0.1) is 5.92 Å². The van der Waals surface area contributed by atoms with Crippen molar-refractivity contribution in [3.05, 3.63) is 0 Å². The smallest absolute Gasteiger partial charge is 0.279 e. The third-order valence-electron chi connectivity index (χ3n) is 4.87. The molecule has 0 bridgehead atoms. The molecule has 22 heavy (non-hydrogen) atoms. The number of piperidine rings is 1. The molecule has 0 spiro atoms. The molecule has 0 aromatic heterocycles. The Morgan fingerprint density at radius 2 is 1.86 bits per heavy atom. The summed E-state index contributed by atoms with van der Waals surface area (Å²) in [5.41, 5.74) is -0.134. The highest BCUT2D eigenvalue weighted by atomic mass is 32.2. The highest BCUT2D eigenvalue weighted by molar-refractivity contribution is 7.87. The molecule has 0 aromatic rings. The van der Waals surface area contributed by atoms with Crippen LogP contribution in [0.1, 0.15) is 39.5 Å². The summed E-state index contributed by atoms with van der Waals surface area (Å²) >= 11 is 0. The van der Waals surface area contributed by atoms with E-state index in [1.54, 1.807) is 11.4 Å². The van der Waals surface area contributed by atoms with Crippen LogP contribution in [0.2, 0.25) is 0 Å². The Kier molecular flexibility index (Phi) is 6.24. The summed E-state index contributed by atoms with van der Waals surface area (Å²) in [6, 6.07) is 0. The Morgan fingerprint density at radius 1 is 1.18 bits per heavy atom. The lowest BCUT2D eigenvalue weighted by Crippen LogP contribution is -2.54. The van der Waals surface area contributed by atoms with Crippen molar-refractivity contribution in [3.8, 4) is 0 Å². The Morgan fingerprint density at radius 3 is 2.50 bits per heavy atom. The largest absolute Gasteiger partial charge is 0.384 e. The highest BCUT2D eigenvalue weighted by Crippen LogP contribution is 2.22. The molecule has 2 heterocycles. The van der Waals surface area contributed by atoms with Crippen molar-refractivity contribution in [1.82, 2.24) is 13.9 Å². The first kappa shape index (κ1) is 18.1. The van der Waals surface area contributed by atoms with Crippen molar-refractivity contribution in [1.29, 1.82) is 0 Å². The van der Waals surface area contributed by atoms with Crippen molar-refractivity contribution in [3.63, 3.8) is 0 Å². The molecule has 1 unspecified atom stereocenters. The summed E-state index contributed by atoms with van der Waals surface area (Å²) in [4.78, 5) is 2.37. The number of likely N-dealkylation sites (tertiary alicyclic amines) is 1. The van der Waals surface area contributed by atoms with Crippen LogP contribution in [0.3, 0.4) is 0 Å². The van der Waals surface area contributed by atoms with E-state index < -0.39 is 10.2 Å². The van der Waals surface area contributed by atoms with Gasteiger partial charge in [0.05, 0.1) is 6.61 Å². The van der Waals surface area contributed by atoms with Gasteiger partial charge in [0.25, 0.3) is 10.2 Å². The standard InChI is InChI=1S/C15H31N3O3S/c1-15(2,17-8-4-5-9-17)13-16-22(19,20)18-10-6-7-14(11-18)12-21-3/h14,16H,4-13H2,1-3H3. The molecule has 2 aliphatic heterocycles. The van der Waals surface area contributed by atoms with Crippen molar-refractivity contribution in [2.75, 3.05) is 46.4 Å². The van der Waals surface area contributed by atoms with Crippen LogP contribution in [0.25, 0.3) is 0 Å². The van der Waals surface area contributed by atoms with Gasteiger partial charge in [-0.3, -0.25) is 4.90 Å². The van der Waals surface area contributed by atoms with E-state index in [-0.39, 0.29) is 5.54 Å². The number of hydrogen-bond acceptors (Lipinski definition) is 4. The van der Waals surface area contributed by atoms with Crippen LogP contribution < -0.4 is 4.72 Å². The van der Waals surface area contributed by atoms with Gasteiger partial charge < -0.3 is 4.74 Å². The molecule has 2 fully saturated rings. The first-order valence-corrected chi connectivity index (χ1v) is 9.78. The van der Waals surface area contributed by atoms with Gasteiger partial charge in [-0.25, -0.2) is 4.72 Å². The number of hydrogen-bond donors (Lipinski definition) is 1. The molecule has 7 heteroatoms. The van der Waals surface area contributed by atoms with Crippen LogP contribution in [0.4, 0.5) is 0 Å². The lowest BCUT2D eigenvalue weighted by atomic mass is 10.0. The summed E-state index contributed by atoms with van der Waals surface area (Å²) in [5, 5.41) is 0. The SMILES string of the molecule is COCC1CCCN(S(=O)(=O)NCC(C)(C)N2CCCC2)C1. The second-order valence-electron chi connectivity index (χ2n) is 7.15. The molecular weight excluding hydrogens is 302 g/mol. The third-order valence-corrected chi connectivity index (χ3v) is 6.39. The summed E-state index contributed by atoms with van der Waals surface area (Å²) in [6.07, 6.45) is 4.37. The zero-order valence-electron chi connectivity index (χ0n) is 14.2. The van der Waals surface area contributed by atoms with Crippen molar-refractivity contribution in [2.24, 2.45) is 5.92 Å². The third kappa shape index (κ3) is 4.64. The van der Waals surface area contributed by atoms with E-state index >= 15 is 0 Å². The van der Waals surface area contributed by atoms with Crippen LogP contribution >= 0.6 is 0 Å². The van der Waals surface area contributed by atoms with Gasteiger partial charge in [0.2, 0.25) is 0 Å². The first-order chi connectivity index (χ1) is 10.3. The molecule has 0 aromatic carbocycles. The number of rotatable bonds is 7. The molecule has 1 N–H and O–H groups in total. The van der Waals surface area contributed by atoms with Gasteiger partial charge in [-0.15, -0.1) is 0 Å². The van der Waals surface area contributed by atoms with Gasteiger partial charge in [0.1, 0.15) is 0 Å².